The first-order chi connectivity index (χ1) is 10.0. The molecule has 0 aliphatic heterocycles. The molecule has 110 valence electrons. The highest BCUT2D eigenvalue weighted by Crippen LogP contribution is 2.23. The number of rotatable bonds is 4. The van der Waals surface area contributed by atoms with Crippen LogP contribution in [0.4, 0.5) is 0 Å². The predicted molar refractivity (Wildman–Crippen MR) is 87.6 cm³/mol. The third kappa shape index (κ3) is 3.93. The van der Waals surface area contributed by atoms with Gasteiger partial charge in [0.15, 0.2) is 5.82 Å². The van der Waals surface area contributed by atoms with E-state index in [-0.39, 0.29) is 4.48 Å². The number of aromatic nitrogens is 3. The van der Waals surface area contributed by atoms with Crippen LogP contribution in [0.2, 0.25) is 5.02 Å². The van der Waals surface area contributed by atoms with E-state index in [0.29, 0.717) is 27.7 Å². The lowest BCUT2D eigenvalue weighted by molar-refractivity contribution is -0.137. The summed E-state index contributed by atoms with van der Waals surface area (Å²) in [6, 6.07) is 5.19. The molecular formula is C13H10Br2ClN3O2. The zero-order valence-electron chi connectivity index (χ0n) is 10.9. The molecule has 2 aromatic heterocycles. The fourth-order valence-corrected chi connectivity index (χ4v) is 2.50. The summed E-state index contributed by atoms with van der Waals surface area (Å²) in [7, 11) is 0. The summed E-state index contributed by atoms with van der Waals surface area (Å²) in [4.78, 5) is 15.8. The Bertz CT molecular complexity index is 700. The van der Waals surface area contributed by atoms with Gasteiger partial charge in [-0.15, -0.1) is 0 Å². The molecule has 0 aliphatic rings. The van der Waals surface area contributed by atoms with Crippen LogP contribution >= 0.6 is 43.5 Å². The lowest BCUT2D eigenvalue weighted by Crippen LogP contribution is -2.05. The second kappa shape index (κ2) is 7.20. The van der Waals surface area contributed by atoms with Crippen molar-refractivity contribution in [2.75, 3.05) is 6.61 Å². The fourth-order valence-electron chi connectivity index (χ4n) is 1.56. The fraction of sp³-hybridized carbons (Fsp3) is 0.154. The van der Waals surface area contributed by atoms with Crippen LogP contribution in [0.15, 0.2) is 33.5 Å². The number of hydrogen-bond donors (Lipinski definition) is 0. The largest absolute Gasteiger partial charge is 0.462 e. The van der Waals surface area contributed by atoms with E-state index in [2.05, 4.69) is 41.9 Å². The Morgan fingerprint density at radius 1 is 1.57 bits per heavy atom. The SMILES string of the molecule is CCOC(=O)/C(Br)=C/c1cc(Br)nn1-c1ncccc1Cl. The Morgan fingerprint density at radius 3 is 3.00 bits per heavy atom. The zero-order valence-corrected chi connectivity index (χ0v) is 14.8. The van der Waals surface area contributed by atoms with Crippen LogP contribution in [0.3, 0.4) is 0 Å². The average Bonchev–Trinajstić information content (AvgIpc) is 2.80. The van der Waals surface area contributed by atoms with Gasteiger partial charge in [0.1, 0.15) is 9.09 Å². The molecule has 8 heteroatoms. The second-order valence-corrected chi connectivity index (χ2v) is 5.90. The highest BCUT2D eigenvalue weighted by molar-refractivity contribution is 9.12. The standard InChI is InChI=1S/C13H10Br2ClN3O2/c1-2-21-13(20)9(14)6-8-7-11(15)18-19(8)12-10(16)4-3-5-17-12/h3-7H,2H2,1H3/b9-6-. The summed E-state index contributed by atoms with van der Waals surface area (Å²) in [5, 5.41) is 4.72. The quantitative estimate of drug-likeness (QED) is 0.539. The maximum absolute atomic E-state index is 11.6. The number of esters is 1. The molecule has 0 radical (unpaired) electrons. The van der Waals surface area contributed by atoms with Gasteiger partial charge < -0.3 is 4.74 Å². The molecule has 0 bridgehead atoms. The molecule has 0 aliphatic carbocycles. The van der Waals surface area contributed by atoms with E-state index in [1.54, 1.807) is 37.4 Å². The molecule has 0 amide bonds. The normalized spacial score (nSPS) is 11.5. The molecule has 2 heterocycles. The van der Waals surface area contributed by atoms with E-state index >= 15 is 0 Å². The van der Waals surface area contributed by atoms with Crippen LogP contribution in [-0.4, -0.2) is 27.3 Å². The summed E-state index contributed by atoms with van der Waals surface area (Å²) in [6.45, 7) is 2.05. The predicted octanol–water partition coefficient (Wildman–Crippen LogP) is 3.98. The maximum Gasteiger partial charge on any atom is 0.345 e. The van der Waals surface area contributed by atoms with Crippen molar-refractivity contribution in [3.8, 4) is 5.82 Å². The van der Waals surface area contributed by atoms with Crippen LogP contribution in [-0.2, 0) is 9.53 Å². The topological polar surface area (TPSA) is 57.0 Å². The number of pyridine rings is 1. The number of nitrogens with zero attached hydrogens (tertiary/aromatic N) is 3. The molecule has 0 spiro atoms. The van der Waals surface area contributed by atoms with Crippen LogP contribution < -0.4 is 0 Å². The van der Waals surface area contributed by atoms with Gasteiger partial charge >= 0.3 is 5.97 Å². The number of carbonyl (C=O) groups is 1. The molecule has 0 N–H and O–H groups in total. The van der Waals surface area contributed by atoms with Gasteiger partial charge in [-0.3, -0.25) is 0 Å². The van der Waals surface area contributed by atoms with Crippen molar-refractivity contribution in [2.24, 2.45) is 0 Å². The summed E-state index contributed by atoms with van der Waals surface area (Å²) in [6.07, 6.45) is 3.21. The van der Waals surface area contributed by atoms with Gasteiger partial charge in [-0.1, -0.05) is 11.6 Å². The van der Waals surface area contributed by atoms with E-state index in [4.69, 9.17) is 16.3 Å². The van der Waals surface area contributed by atoms with Gasteiger partial charge in [0.2, 0.25) is 0 Å². The Balaban J connectivity index is 2.45. The van der Waals surface area contributed by atoms with E-state index < -0.39 is 5.97 Å². The average molecular weight is 436 g/mol. The van der Waals surface area contributed by atoms with E-state index in [1.165, 1.54) is 4.68 Å². The molecule has 2 aromatic rings. The lowest BCUT2D eigenvalue weighted by atomic mass is 10.3. The highest BCUT2D eigenvalue weighted by atomic mass is 79.9. The molecule has 2 rings (SSSR count). The Morgan fingerprint density at radius 2 is 2.33 bits per heavy atom. The monoisotopic (exact) mass is 433 g/mol. The number of halogens is 3. The summed E-state index contributed by atoms with van der Waals surface area (Å²) in [5.41, 5.74) is 0.627. The summed E-state index contributed by atoms with van der Waals surface area (Å²) in [5.74, 6) is 0.0220. The maximum atomic E-state index is 11.6. The molecule has 0 saturated heterocycles. The van der Waals surface area contributed by atoms with Crippen molar-refractivity contribution >= 4 is 55.5 Å². The first-order valence-corrected chi connectivity index (χ1v) is 7.90. The molecule has 0 fully saturated rings. The first-order valence-electron chi connectivity index (χ1n) is 5.93. The molecule has 5 nitrogen and oxygen atoms in total. The number of ether oxygens (including phenoxy) is 1. The third-order valence-electron chi connectivity index (χ3n) is 2.39. The van der Waals surface area contributed by atoms with Crippen molar-refractivity contribution in [3.05, 3.63) is 44.2 Å². The Labute approximate surface area is 143 Å². The molecular weight excluding hydrogens is 425 g/mol. The van der Waals surface area contributed by atoms with Gasteiger partial charge in [0.05, 0.1) is 17.3 Å². The number of hydrogen-bond acceptors (Lipinski definition) is 4. The Hall–Kier alpha value is -1.18. The Kier molecular flexibility index (Phi) is 5.55. The lowest BCUT2D eigenvalue weighted by Gasteiger charge is -2.06. The van der Waals surface area contributed by atoms with Crippen LogP contribution in [0.25, 0.3) is 11.9 Å². The number of carbonyl (C=O) groups excluding carboxylic acids is 1. The smallest absolute Gasteiger partial charge is 0.345 e. The van der Waals surface area contributed by atoms with Gasteiger partial charge in [-0.25, -0.2) is 14.5 Å². The summed E-state index contributed by atoms with van der Waals surface area (Å²) >= 11 is 12.6. The minimum atomic E-state index is -0.450. The second-order valence-electron chi connectivity index (χ2n) is 3.83. The molecule has 0 saturated carbocycles. The van der Waals surface area contributed by atoms with E-state index in [1.807, 2.05) is 0 Å². The van der Waals surface area contributed by atoms with E-state index in [0.717, 1.165) is 0 Å². The minimum absolute atomic E-state index is 0.282. The van der Waals surface area contributed by atoms with Crippen molar-refractivity contribution in [1.82, 2.24) is 14.8 Å². The van der Waals surface area contributed by atoms with Crippen molar-refractivity contribution < 1.29 is 9.53 Å². The minimum Gasteiger partial charge on any atom is -0.462 e. The third-order valence-corrected chi connectivity index (χ3v) is 3.63. The van der Waals surface area contributed by atoms with Crippen molar-refractivity contribution in [2.45, 2.75) is 6.92 Å². The van der Waals surface area contributed by atoms with Crippen LogP contribution in [0.5, 0.6) is 0 Å². The van der Waals surface area contributed by atoms with Crippen molar-refractivity contribution in [1.29, 1.82) is 0 Å². The van der Waals surface area contributed by atoms with Gasteiger partial charge in [0, 0.05) is 6.20 Å². The van der Waals surface area contributed by atoms with Gasteiger partial charge in [0.25, 0.3) is 0 Å². The van der Waals surface area contributed by atoms with E-state index in [9.17, 15) is 4.79 Å². The van der Waals surface area contributed by atoms with Crippen LogP contribution in [0, 0.1) is 0 Å². The summed E-state index contributed by atoms with van der Waals surface area (Å²) < 4.78 is 7.33. The van der Waals surface area contributed by atoms with Gasteiger partial charge in [-0.05, 0) is 63.1 Å². The molecule has 0 unspecified atom stereocenters. The molecule has 0 atom stereocenters. The first kappa shape index (κ1) is 16.2. The molecule has 0 aromatic carbocycles. The zero-order chi connectivity index (χ0) is 15.4. The van der Waals surface area contributed by atoms with Gasteiger partial charge in [-0.2, -0.15) is 5.10 Å². The van der Waals surface area contributed by atoms with Crippen molar-refractivity contribution in [3.63, 3.8) is 0 Å². The molecule has 21 heavy (non-hydrogen) atoms. The van der Waals surface area contributed by atoms with Crippen LogP contribution in [0.1, 0.15) is 12.6 Å². The highest BCUT2D eigenvalue weighted by Gasteiger charge is 2.13.